The van der Waals surface area contributed by atoms with Crippen LogP contribution in [0.15, 0.2) is 84.9 Å². The first kappa shape index (κ1) is 28.2. The smallest absolute Gasteiger partial charge is 0.268 e. The Balaban J connectivity index is 1.40. The molecular weight excluding hydrogens is 520 g/mol. The molecule has 218 valence electrons. The maximum atomic E-state index is 14.3. The van der Waals surface area contributed by atoms with E-state index < -0.39 is 0 Å². The molecule has 3 heterocycles. The topological polar surface area (TPSA) is 57.6 Å². The number of benzene rings is 3. The summed E-state index contributed by atoms with van der Waals surface area (Å²) in [5, 5.41) is 4.39. The number of nitrogens with one attached hydrogen (secondary N) is 1. The molecule has 2 aliphatic rings. The number of carbonyl (C=O) groups excluding carboxylic acids is 2. The highest BCUT2D eigenvalue weighted by Gasteiger charge is 2.30. The van der Waals surface area contributed by atoms with Gasteiger partial charge in [-0.2, -0.15) is 0 Å². The third-order valence-corrected chi connectivity index (χ3v) is 8.93. The third kappa shape index (κ3) is 6.14. The van der Waals surface area contributed by atoms with Crippen LogP contribution in [0.3, 0.4) is 0 Å². The van der Waals surface area contributed by atoms with Gasteiger partial charge in [-0.1, -0.05) is 85.3 Å². The molecule has 2 saturated heterocycles. The van der Waals surface area contributed by atoms with Crippen LogP contribution >= 0.6 is 0 Å². The van der Waals surface area contributed by atoms with E-state index in [4.69, 9.17) is 0 Å². The summed E-state index contributed by atoms with van der Waals surface area (Å²) in [6.07, 6.45) is 6.13. The van der Waals surface area contributed by atoms with Crippen molar-refractivity contribution in [2.75, 3.05) is 39.3 Å². The standard InChI is InChI=1S/C36H42N4O2/c41-32-20-12-24-39(32)25-13-21-37-36(42)35-34(33(28-14-4-1-5-15-28)29-16-6-2-7-17-29)30-18-8-9-19-31(30)40(35)27-26-38-22-10-3-11-23-38/h1-2,4-9,14-19,33H,3,10-13,20-27H2,(H,37,42). The highest BCUT2D eigenvalue weighted by molar-refractivity contribution is 6.03. The monoisotopic (exact) mass is 562 g/mol. The Kier molecular flexibility index (Phi) is 9.00. The second-order valence-electron chi connectivity index (χ2n) is 11.7. The summed E-state index contributed by atoms with van der Waals surface area (Å²) in [7, 11) is 0. The number of nitrogens with zero attached hydrogens (tertiary/aromatic N) is 3. The number of piperidine rings is 1. The van der Waals surface area contributed by atoms with Gasteiger partial charge in [0.15, 0.2) is 0 Å². The lowest BCUT2D eigenvalue weighted by atomic mass is 9.83. The maximum absolute atomic E-state index is 14.3. The van der Waals surface area contributed by atoms with Crippen molar-refractivity contribution >= 4 is 22.7 Å². The molecule has 0 aliphatic carbocycles. The fourth-order valence-corrected chi connectivity index (χ4v) is 6.84. The predicted octanol–water partition coefficient (Wildman–Crippen LogP) is 6.05. The van der Waals surface area contributed by atoms with E-state index in [-0.39, 0.29) is 17.7 Å². The molecule has 0 saturated carbocycles. The van der Waals surface area contributed by atoms with Crippen molar-refractivity contribution < 1.29 is 9.59 Å². The molecule has 6 rings (SSSR count). The van der Waals surface area contributed by atoms with Gasteiger partial charge in [-0.3, -0.25) is 9.59 Å². The molecule has 0 unspecified atom stereocenters. The van der Waals surface area contributed by atoms with Crippen LogP contribution in [0.25, 0.3) is 10.9 Å². The Hall–Kier alpha value is -3.90. The van der Waals surface area contributed by atoms with Gasteiger partial charge in [0, 0.05) is 61.5 Å². The highest BCUT2D eigenvalue weighted by Crippen LogP contribution is 2.40. The lowest BCUT2D eigenvalue weighted by molar-refractivity contribution is -0.127. The molecular formula is C36H42N4O2. The van der Waals surface area contributed by atoms with E-state index >= 15 is 0 Å². The van der Waals surface area contributed by atoms with Crippen LogP contribution in [0.1, 0.15) is 71.6 Å². The van der Waals surface area contributed by atoms with Gasteiger partial charge in [0.1, 0.15) is 5.69 Å². The van der Waals surface area contributed by atoms with Crippen LogP contribution in [0.4, 0.5) is 0 Å². The minimum atomic E-state index is -0.0866. The van der Waals surface area contributed by atoms with Gasteiger partial charge >= 0.3 is 0 Å². The van der Waals surface area contributed by atoms with E-state index in [9.17, 15) is 9.59 Å². The quantitative estimate of drug-likeness (QED) is 0.227. The summed E-state index contributed by atoms with van der Waals surface area (Å²) < 4.78 is 2.28. The van der Waals surface area contributed by atoms with Crippen molar-refractivity contribution in [3.63, 3.8) is 0 Å². The Morgan fingerprint density at radius 3 is 2.07 bits per heavy atom. The summed E-state index contributed by atoms with van der Waals surface area (Å²) in [5.74, 6) is 0.107. The number of likely N-dealkylation sites (tertiary alicyclic amines) is 2. The summed E-state index contributed by atoms with van der Waals surface area (Å²) in [5.41, 5.74) is 5.26. The normalized spacial score (nSPS) is 16.0. The number of para-hydroxylation sites is 1. The Labute approximate surface area is 249 Å². The predicted molar refractivity (Wildman–Crippen MR) is 169 cm³/mol. The Morgan fingerprint density at radius 1 is 0.738 bits per heavy atom. The average molecular weight is 563 g/mol. The van der Waals surface area contributed by atoms with Crippen LogP contribution < -0.4 is 5.32 Å². The molecule has 0 spiro atoms. The van der Waals surface area contributed by atoms with E-state index in [1.807, 2.05) is 17.0 Å². The lowest BCUT2D eigenvalue weighted by Gasteiger charge is -2.27. The third-order valence-electron chi connectivity index (χ3n) is 8.93. The minimum absolute atomic E-state index is 0.0375. The second kappa shape index (κ2) is 13.4. The molecule has 1 N–H and O–H groups in total. The highest BCUT2D eigenvalue weighted by atomic mass is 16.2. The molecule has 2 amide bonds. The zero-order valence-electron chi connectivity index (χ0n) is 24.5. The van der Waals surface area contributed by atoms with Crippen LogP contribution in [-0.4, -0.2) is 65.4 Å². The van der Waals surface area contributed by atoms with E-state index in [2.05, 4.69) is 87.6 Å². The van der Waals surface area contributed by atoms with Crippen LogP contribution in [-0.2, 0) is 11.3 Å². The SMILES string of the molecule is O=C(NCCCN1CCCC1=O)c1c(C(c2ccccc2)c2ccccc2)c2ccccc2n1CCN1CCCCC1. The van der Waals surface area contributed by atoms with Crippen LogP contribution in [0, 0.1) is 0 Å². The zero-order valence-corrected chi connectivity index (χ0v) is 24.5. The summed E-state index contributed by atoms with van der Waals surface area (Å²) in [4.78, 5) is 30.9. The van der Waals surface area contributed by atoms with Crippen LogP contribution in [0.5, 0.6) is 0 Å². The van der Waals surface area contributed by atoms with Crippen molar-refractivity contribution in [3.8, 4) is 0 Å². The summed E-state index contributed by atoms with van der Waals surface area (Å²) in [6, 6.07) is 29.6. The molecule has 0 atom stereocenters. The maximum Gasteiger partial charge on any atom is 0.268 e. The first-order chi connectivity index (χ1) is 20.7. The minimum Gasteiger partial charge on any atom is -0.351 e. The van der Waals surface area contributed by atoms with Gasteiger partial charge < -0.3 is 19.7 Å². The molecule has 6 heteroatoms. The molecule has 6 nitrogen and oxygen atoms in total. The van der Waals surface area contributed by atoms with Crippen LogP contribution in [0.2, 0.25) is 0 Å². The molecule has 2 fully saturated rings. The van der Waals surface area contributed by atoms with Crippen molar-refractivity contribution in [3.05, 3.63) is 107 Å². The molecule has 42 heavy (non-hydrogen) atoms. The van der Waals surface area contributed by atoms with Gasteiger partial charge in [-0.15, -0.1) is 0 Å². The van der Waals surface area contributed by atoms with E-state index in [0.717, 1.165) is 67.7 Å². The fourth-order valence-electron chi connectivity index (χ4n) is 6.84. The number of hydrogen-bond acceptors (Lipinski definition) is 3. The number of carbonyl (C=O) groups is 2. The average Bonchev–Trinajstić information content (AvgIpc) is 3.60. The number of amides is 2. The zero-order chi connectivity index (χ0) is 28.7. The number of aromatic nitrogens is 1. The molecule has 3 aromatic carbocycles. The van der Waals surface area contributed by atoms with Crippen molar-refractivity contribution in [1.29, 1.82) is 0 Å². The van der Waals surface area contributed by atoms with Gasteiger partial charge in [0.05, 0.1) is 0 Å². The largest absolute Gasteiger partial charge is 0.351 e. The molecule has 4 aromatic rings. The van der Waals surface area contributed by atoms with Crippen molar-refractivity contribution in [2.24, 2.45) is 0 Å². The number of fused-ring (bicyclic) bond motifs is 1. The van der Waals surface area contributed by atoms with Gasteiger partial charge in [-0.25, -0.2) is 0 Å². The molecule has 0 radical (unpaired) electrons. The van der Waals surface area contributed by atoms with Crippen molar-refractivity contribution in [2.45, 2.75) is 51.0 Å². The Morgan fingerprint density at radius 2 is 1.40 bits per heavy atom. The first-order valence-corrected chi connectivity index (χ1v) is 15.7. The van der Waals surface area contributed by atoms with Gasteiger partial charge in [-0.05, 0) is 56.0 Å². The van der Waals surface area contributed by atoms with E-state index in [1.54, 1.807) is 0 Å². The first-order valence-electron chi connectivity index (χ1n) is 15.7. The lowest BCUT2D eigenvalue weighted by Crippen LogP contribution is -2.35. The van der Waals surface area contributed by atoms with Crippen molar-refractivity contribution in [1.82, 2.24) is 19.7 Å². The van der Waals surface area contributed by atoms with E-state index in [0.29, 0.717) is 19.5 Å². The summed E-state index contributed by atoms with van der Waals surface area (Å²) >= 11 is 0. The Bertz CT molecular complexity index is 1450. The molecule has 2 aliphatic heterocycles. The fraction of sp³-hybridized carbons (Fsp3) is 0.389. The summed E-state index contributed by atoms with van der Waals surface area (Å²) in [6.45, 7) is 6.01. The second-order valence-corrected chi connectivity index (χ2v) is 11.7. The van der Waals surface area contributed by atoms with Gasteiger partial charge in [0.25, 0.3) is 5.91 Å². The number of hydrogen-bond donors (Lipinski definition) is 1. The molecule has 0 bridgehead atoms. The van der Waals surface area contributed by atoms with E-state index in [1.165, 1.54) is 30.4 Å². The van der Waals surface area contributed by atoms with Gasteiger partial charge in [0.2, 0.25) is 5.91 Å². The number of rotatable bonds is 11. The molecule has 1 aromatic heterocycles.